The van der Waals surface area contributed by atoms with Crippen molar-refractivity contribution < 1.29 is 9.63 Å². The van der Waals surface area contributed by atoms with Crippen LogP contribution in [0.25, 0.3) is 11.5 Å². The molecule has 0 saturated heterocycles. The van der Waals surface area contributed by atoms with Gasteiger partial charge in [0.05, 0.1) is 0 Å². The van der Waals surface area contributed by atoms with Crippen molar-refractivity contribution in [2.45, 2.75) is 57.8 Å². The Balaban J connectivity index is 1.79. The standard InChI is InChI=1S/C17H22N2O2/c1-12-11-14(9-10-15(12)20)17-18-16(19-21-17)13-7-5-3-2-4-6-8-13/h9-11,13,20H,2-8H2,1H3. The molecular formula is C17H22N2O2. The lowest BCUT2D eigenvalue weighted by molar-refractivity contribution is 0.393. The third-order valence-corrected chi connectivity index (χ3v) is 4.36. The summed E-state index contributed by atoms with van der Waals surface area (Å²) >= 11 is 0. The first-order chi connectivity index (χ1) is 10.2. The number of hydrogen-bond donors (Lipinski definition) is 1. The zero-order valence-corrected chi connectivity index (χ0v) is 12.5. The second kappa shape index (κ2) is 6.29. The Morgan fingerprint density at radius 3 is 2.52 bits per heavy atom. The summed E-state index contributed by atoms with van der Waals surface area (Å²) in [5.74, 6) is 2.12. The first-order valence-corrected chi connectivity index (χ1v) is 7.87. The van der Waals surface area contributed by atoms with Crippen molar-refractivity contribution in [1.29, 1.82) is 0 Å². The Labute approximate surface area is 125 Å². The molecule has 0 radical (unpaired) electrons. The third-order valence-electron chi connectivity index (χ3n) is 4.36. The van der Waals surface area contributed by atoms with Gasteiger partial charge in [-0.3, -0.25) is 0 Å². The number of benzene rings is 1. The molecule has 2 aromatic rings. The fourth-order valence-corrected chi connectivity index (χ4v) is 3.02. The lowest BCUT2D eigenvalue weighted by Crippen LogP contribution is -2.04. The van der Waals surface area contributed by atoms with E-state index in [1.54, 1.807) is 6.07 Å². The molecule has 21 heavy (non-hydrogen) atoms. The van der Waals surface area contributed by atoms with Crippen LogP contribution in [0.1, 0.15) is 62.3 Å². The highest BCUT2D eigenvalue weighted by Gasteiger charge is 2.20. The van der Waals surface area contributed by atoms with E-state index in [2.05, 4.69) is 10.1 Å². The van der Waals surface area contributed by atoms with Crippen LogP contribution in [0.5, 0.6) is 5.75 Å². The van der Waals surface area contributed by atoms with Crippen LogP contribution in [0, 0.1) is 6.92 Å². The topological polar surface area (TPSA) is 59.2 Å². The van der Waals surface area contributed by atoms with E-state index in [1.165, 1.54) is 32.1 Å². The highest BCUT2D eigenvalue weighted by Crippen LogP contribution is 2.31. The molecule has 1 heterocycles. The molecule has 1 saturated carbocycles. The van der Waals surface area contributed by atoms with E-state index in [1.807, 2.05) is 19.1 Å². The van der Waals surface area contributed by atoms with Gasteiger partial charge in [-0.05, 0) is 43.5 Å². The summed E-state index contributed by atoms with van der Waals surface area (Å²) in [6.07, 6.45) is 8.83. The van der Waals surface area contributed by atoms with Gasteiger partial charge in [0.1, 0.15) is 5.75 Å². The maximum Gasteiger partial charge on any atom is 0.257 e. The van der Waals surface area contributed by atoms with Gasteiger partial charge in [0.25, 0.3) is 5.89 Å². The highest BCUT2D eigenvalue weighted by atomic mass is 16.5. The summed E-state index contributed by atoms with van der Waals surface area (Å²) in [6.45, 7) is 1.87. The van der Waals surface area contributed by atoms with Crippen molar-refractivity contribution in [3.05, 3.63) is 29.6 Å². The zero-order valence-electron chi connectivity index (χ0n) is 12.5. The van der Waals surface area contributed by atoms with Gasteiger partial charge in [-0.1, -0.05) is 37.3 Å². The molecule has 3 rings (SSSR count). The Kier molecular flexibility index (Phi) is 4.23. The summed E-state index contributed by atoms with van der Waals surface area (Å²) in [5, 5.41) is 13.8. The van der Waals surface area contributed by atoms with Crippen LogP contribution in [0.3, 0.4) is 0 Å². The number of nitrogens with zero attached hydrogens (tertiary/aromatic N) is 2. The summed E-state index contributed by atoms with van der Waals surface area (Å²) in [7, 11) is 0. The summed E-state index contributed by atoms with van der Waals surface area (Å²) in [4.78, 5) is 4.59. The van der Waals surface area contributed by atoms with E-state index in [4.69, 9.17) is 4.52 Å². The summed E-state index contributed by atoms with van der Waals surface area (Å²) in [6, 6.07) is 5.37. The molecule has 1 aromatic carbocycles. The van der Waals surface area contributed by atoms with E-state index in [0.29, 0.717) is 17.6 Å². The van der Waals surface area contributed by atoms with Gasteiger partial charge in [0.2, 0.25) is 0 Å². The number of phenolic OH excluding ortho intramolecular Hbond substituents is 1. The average molecular weight is 286 g/mol. The van der Waals surface area contributed by atoms with Crippen LogP contribution < -0.4 is 0 Å². The number of aryl methyl sites for hydroxylation is 1. The zero-order chi connectivity index (χ0) is 14.7. The molecule has 1 N–H and O–H groups in total. The van der Waals surface area contributed by atoms with Gasteiger partial charge in [0, 0.05) is 11.5 Å². The SMILES string of the molecule is Cc1cc(-c2nc(C3CCCCCCC3)no2)ccc1O. The minimum absolute atomic E-state index is 0.290. The summed E-state index contributed by atoms with van der Waals surface area (Å²) in [5.41, 5.74) is 1.69. The van der Waals surface area contributed by atoms with Gasteiger partial charge < -0.3 is 9.63 Å². The predicted octanol–water partition coefficient (Wildman–Crippen LogP) is 4.58. The lowest BCUT2D eigenvalue weighted by atomic mass is 9.91. The monoisotopic (exact) mass is 286 g/mol. The van der Waals surface area contributed by atoms with Crippen molar-refractivity contribution in [3.8, 4) is 17.2 Å². The molecule has 112 valence electrons. The average Bonchev–Trinajstić information content (AvgIpc) is 2.91. The normalized spacial score (nSPS) is 17.4. The highest BCUT2D eigenvalue weighted by molar-refractivity contribution is 5.56. The molecule has 0 bridgehead atoms. The van der Waals surface area contributed by atoms with Gasteiger partial charge in [-0.25, -0.2) is 0 Å². The molecule has 0 unspecified atom stereocenters. The molecule has 1 aliphatic rings. The Hall–Kier alpha value is -1.84. The van der Waals surface area contributed by atoms with E-state index < -0.39 is 0 Å². The maximum atomic E-state index is 9.59. The second-order valence-electron chi connectivity index (χ2n) is 6.00. The maximum absolute atomic E-state index is 9.59. The molecule has 0 aliphatic heterocycles. The fraction of sp³-hybridized carbons (Fsp3) is 0.529. The minimum atomic E-state index is 0.290. The third kappa shape index (κ3) is 3.26. The van der Waals surface area contributed by atoms with Crippen LogP contribution in [-0.4, -0.2) is 15.2 Å². The van der Waals surface area contributed by atoms with Crippen LogP contribution in [0.4, 0.5) is 0 Å². The van der Waals surface area contributed by atoms with Gasteiger partial charge >= 0.3 is 0 Å². The van der Waals surface area contributed by atoms with Crippen LogP contribution in [0.15, 0.2) is 22.7 Å². The number of rotatable bonds is 2. The van der Waals surface area contributed by atoms with Crippen molar-refractivity contribution in [3.63, 3.8) is 0 Å². The smallest absolute Gasteiger partial charge is 0.257 e. The summed E-state index contributed by atoms with van der Waals surface area (Å²) < 4.78 is 5.43. The van der Waals surface area contributed by atoms with Crippen LogP contribution in [0.2, 0.25) is 0 Å². The Morgan fingerprint density at radius 1 is 1.10 bits per heavy atom. The predicted molar refractivity (Wildman–Crippen MR) is 81.2 cm³/mol. The van der Waals surface area contributed by atoms with Crippen molar-refractivity contribution in [2.75, 3.05) is 0 Å². The molecule has 0 spiro atoms. The molecule has 1 fully saturated rings. The van der Waals surface area contributed by atoms with E-state index in [9.17, 15) is 5.11 Å². The Morgan fingerprint density at radius 2 is 1.81 bits per heavy atom. The van der Waals surface area contributed by atoms with Gasteiger partial charge in [0.15, 0.2) is 5.82 Å². The lowest BCUT2D eigenvalue weighted by Gasteiger charge is -2.15. The van der Waals surface area contributed by atoms with Crippen molar-refractivity contribution >= 4 is 0 Å². The molecule has 1 aromatic heterocycles. The number of aromatic hydroxyl groups is 1. The van der Waals surface area contributed by atoms with E-state index >= 15 is 0 Å². The van der Waals surface area contributed by atoms with Crippen LogP contribution >= 0.6 is 0 Å². The second-order valence-corrected chi connectivity index (χ2v) is 6.00. The van der Waals surface area contributed by atoms with Crippen molar-refractivity contribution in [2.24, 2.45) is 0 Å². The molecular weight excluding hydrogens is 264 g/mol. The molecule has 1 aliphatic carbocycles. The molecule has 0 amide bonds. The first-order valence-electron chi connectivity index (χ1n) is 7.87. The van der Waals surface area contributed by atoms with Gasteiger partial charge in [-0.15, -0.1) is 0 Å². The number of aromatic nitrogens is 2. The van der Waals surface area contributed by atoms with Crippen LogP contribution in [-0.2, 0) is 0 Å². The van der Waals surface area contributed by atoms with E-state index in [-0.39, 0.29) is 0 Å². The molecule has 4 nitrogen and oxygen atoms in total. The van der Waals surface area contributed by atoms with E-state index in [0.717, 1.165) is 29.8 Å². The van der Waals surface area contributed by atoms with Gasteiger partial charge in [-0.2, -0.15) is 4.98 Å². The fourth-order valence-electron chi connectivity index (χ4n) is 3.02. The quantitative estimate of drug-likeness (QED) is 0.878. The minimum Gasteiger partial charge on any atom is -0.508 e. The number of phenols is 1. The van der Waals surface area contributed by atoms with Crippen molar-refractivity contribution in [1.82, 2.24) is 10.1 Å². The largest absolute Gasteiger partial charge is 0.508 e. The molecule has 0 atom stereocenters. The molecule has 4 heteroatoms. The number of hydrogen-bond acceptors (Lipinski definition) is 4. The first kappa shape index (κ1) is 14.1. The Bertz CT molecular complexity index is 599.